The van der Waals surface area contributed by atoms with E-state index in [0.717, 1.165) is 18.2 Å². The van der Waals surface area contributed by atoms with Crippen LogP contribution in [0.2, 0.25) is 0 Å². The van der Waals surface area contributed by atoms with Gasteiger partial charge in [0.05, 0.1) is 13.2 Å². The molecule has 1 aliphatic heterocycles. The molecule has 182 valence electrons. The predicted molar refractivity (Wildman–Crippen MR) is 114 cm³/mol. The van der Waals surface area contributed by atoms with Gasteiger partial charge in [-0.1, -0.05) is 0 Å². The summed E-state index contributed by atoms with van der Waals surface area (Å²) in [6, 6.07) is 4.40. The average molecular weight is 478 g/mol. The normalized spacial score (nSPS) is 24.8. The molecule has 12 heteroatoms. The van der Waals surface area contributed by atoms with Gasteiger partial charge in [0.15, 0.2) is 28.6 Å². The maximum absolute atomic E-state index is 13.4. The number of phenolic OH excluding ortho intramolecular Hbond substituents is 4. The van der Waals surface area contributed by atoms with Crippen molar-refractivity contribution in [2.24, 2.45) is 0 Å². The Morgan fingerprint density at radius 3 is 2.26 bits per heavy atom. The standard InChI is InChI=1S/C22H22O12/c1-7-14(26)17(29)18(30)22(32-7)34-21-16(28)13-11(25)6-12(31-2)15(27)20(13)33-19(21)8-3-4-9(23)10(24)5-8/h3-7,14,17-18,22-27,29-30H,1-2H3/t7?,14-,17?,18-,22-/m0/s1. The minimum atomic E-state index is -1.78. The second kappa shape index (κ2) is 8.57. The largest absolute Gasteiger partial charge is 0.507 e. The molecule has 0 aliphatic carbocycles. The lowest BCUT2D eigenvalue weighted by atomic mass is 10.00. The fraction of sp³-hybridized carbons (Fsp3) is 0.318. The lowest BCUT2D eigenvalue weighted by Gasteiger charge is -2.38. The van der Waals surface area contributed by atoms with Crippen LogP contribution in [0.5, 0.6) is 34.5 Å². The van der Waals surface area contributed by atoms with E-state index in [-0.39, 0.29) is 17.1 Å². The summed E-state index contributed by atoms with van der Waals surface area (Å²) in [5.41, 5.74) is -1.46. The van der Waals surface area contributed by atoms with E-state index in [1.54, 1.807) is 0 Å². The molecule has 5 atom stereocenters. The number of fused-ring (bicyclic) bond motifs is 1. The summed E-state index contributed by atoms with van der Waals surface area (Å²) in [7, 11) is 1.22. The van der Waals surface area contributed by atoms with Crippen molar-refractivity contribution in [2.75, 3.05) is 7.11 Å². The molecule has 0 spiro atoms. The molecule has 2 aromatic carbocycles. The van der Waals surface area contributed by atoms with E-state index in [1.807, 2.05) is 0 Å². The number of methoxy groups -OCH3 is 1. The average Bonchev–Trinajstić information content (AvgIpc) is 2.81. The summed E-state index contributed by atoms with van der Waals surface area (Å²) in [6.45, 7) is 1.41. The van der Waals surface area contributed by atoms with Crippen LogP contribution in [0.1, 0.15) is 6.92 Å². The van der Waals surface area contributed by atoms with Crippen LogP contribution >= 0.6 is 0 Å². The molecule has 1 saturated heterocycles. The summed E-state index contributed by atoms with van der Waals surface area (Å²) in [4.78, 5) is 13.4. The quantitative estimate of drug-likeness (QED) is 0.203. The van der Waals surface area contributed by atoms with Crippen LogP contribution in [-0.2, 0) is 4.74 Å². The van der Waals surface area contributed by atoms with Crippen molar-refractivity contribution in [2.45, 2.75) is 37.6 Å². The van der Waals surface area contributed by atoms with Gasteiger partial charge in [0.1, 0.15) is 29.4 Å². The number of ether oxygens (including phenoxy) is 3. The Morgan fingerprint density at radius 1 is 0.912 bits per heavy atom. The van der Waals surface area contributed by atoms with Gasteiger partial charge in [-0.2, -0.15) is 0 Å². The van der Waals surface area contributed by atoms with Crippen LogP contribution in [-0.4, -0.2) is 73.6 Å². The van der Waals surface area contributed by atoms with Gasteiger partial charge in [-0.3, -0.25) is 4.79 Å². The van der Waals surface area contributed by atoms with Crippen molar-refractivity contribution < 1.29 is 54.4 Å². The molecule has 1 aliphatic rings. The van der Waals surface area contributed by atoms with Crippen LogP contribution in [0.15, 0.2) is 33.5 Å². The summed E-state index contributed by atoms with van der Waals surface area (Å²) in [6.07, 6.45) is -7.50. The monoisotopic (exact) mass is 478 g/mol. The highest BCUT2D eigenvalue weighted by atomic mass is 16.7. The van der Waals surface area contributed by atoms with Gasteiger partial charge in [-0.15, -0.1) is 0 Å². The van der Waals surface area contributed by atoms with Crippen molar-refractivity contribution in [3.63, 3.8) is 0 Å². The molecule has 1 fully saturated rings. The summed E-state index contributed by atoms with van der Waals surface area (Å²) in [5.74, 6) is -3.43. The number of rotatable bonds is 4. The maximum Gasteiger partial charge on any atom is 0.239 e. The molecular formula is C22H22O12. The fourth-order valence-corrected chi connectivity index (χ4v) is 3.64. The first-order valence-corrected chi connectivity index (χ1v) is 10.0. The van der Waals surface area contributed by atoms with E-state index in [9.17, 15) is 40.5 Å². The fourth-order valence-electron chi connectivity index (χ4n) is 3.64. The molecule has 7 N–H and O–H groups in total. The van der Waals surface area contributed by atoms with E-state index in [1.165, 1.54) is 20.1 Å². The smallest absolute Gasteiger partial charge is 0.239 e. The highest BCUT2D eigenvalue weighted by Crippen LogP contribution is 2.44. The number of aliphatic hydroxyl groups is 3. The lowest BCUT2D eigenvalue weighted by Crippen LogP contribution is -2.58. The van der Waals surface area contributed by atoms with E-state index < -0.39 is 75.9 Å². The molecule has 1 aromatic heterocycles. The summed E-state index contributed by atoms with van der Waals surface area (Å²) in [5, 5.41) is 70.3. The Morgan fingerprint density at radius 2 is 1.62 bits per heavy atom. The Balaban J connectivity index is 1.97. The van der Waals surface area contributed by atoms with Crippen LogP contribution < -0.4 is 14.9 Å². The number of benzene rings is 2. The van der Waals surface area contributed by atoms with Gasteiger partial charge < -0.3 is 54.4 Å². The molecule has 4 rings (SSSR count). The molecule has 0 bridgehead atoms. The summed E-state index contributed by atoms with van der Waals surface area (Å²) < 4.78 is 21.7. The summed E-state index contributed by atoms with van der Waals surface area (Å²) >= 11 is 0. The third-order valence-electron chi connectivity index (χ3n) is 5.54. The van der Waals surface area contributed by atoms with Crippen molar-refractivity contribution in [1.82, 2.24) is 0 Å². The Hall–Kier alpha value is -3.71. The Kier molecular flexibility index (Phi) is 5.91. The minimum absolute atomic E-state index is 0.00457. The van der Waals surface area contributed by atoms with Crippen molar-refractivity contribution in [3.8, 4) is 45.8 Å². The first-order valence-electron chi connectivity index (χ1n) is 10.0. The third kappa shape index (κ3) is 3.72. The molecular weight excluding hydrogens is 456 g/mol. The zero-order chi connectivity index (χ0) is 24.9. The van der Waals surface area contributed by atoms with Crippen molar-refractivity contribution in [3.05, 3.63) is 34.5 Å². The first kappa shape index (κ1) is 23.4. The molecule has 0 radical (unpaired) electrons. The first-order chi connectivity index (χ1) is 16.0. The lowest BCUT2D eigenvalue weighted by molar-refractivity contribution is -0.268. The second-order valence-electron chi connectivity index (χ2n) is 7.74. The number of phenols is 4. The van der Waals surface area contributed by atoms with Crippen LogP contribution in [0.4, 0.5) is 0 Å². The second-order valence-corrected chi connectivity index (χ2v) is 7.74. The topological polar surface area (TPSA) is 200 Å². The van der Waals surface area contributed by atoms with E-state index in [2.05, 4.69) is 0 Å². The van der Waals surface area contributed by atoms with Gasteiger partial charge in [0, 0.05) is 11.6 Å². The molecule has 12 nitrogen and oxygen atoms in total. The molecule has 0 saturated carbocycles. The highest BCUT2D eigenvalue weighted by molar-refractivity contribution is 5.93. The van der Waals surface area contributed by atoms with Gasteiger partial charge in [-0.05, 0) is 25.1 Å². The van der Waals surface area contributed by atoms with E-state index >= 15 is 0 Å². The predicted octanol–water partition coefficient (Wildman–Crippen LogP) is 0.497. The SMILES string of the molecule is COc1cc(O)c2c(=O)c(O[C@@H]3OC(C)[C@H](O)C(O)[C@@H]3O)c(-c3ccc(O)c(O)c3)oc2c1O. The minimum Gasteiger partial charge on any atom is -0.507 e. The molecule has 0 amide bonds. The van der Waals surface area contributed by atoms with Crippen LogP contribution in [0, 0.1) is 0 Å². The molecule has 34 heavy (non-hydrogen) atoms. The Bertz CT molecular complexity index is 1300. The number of aliphatic hydroxyl groups excluding tert-OH is 3. The van der Waals surface area contributed by atoms with Crippen molar-refractivity contribution >= 4 is 11.0 Å². The molecule has 2 heterocycles. The highest BCUT2D eigenvalue weighted by Gasteiger charge is 2.44. The zero-order valence-corrected chi connectivity index (χ0v) is 17.9. The van der Waals surface area contributed by atoms with Gasteiger partial charge in [0.25, 0.3) is 0 Å². The van der Waals surface area contributed by atoms with E-state index in [4.69, 9.17) is 18.6 Å². The zero-order valence-electron chi connectivity index (χ0n) is 17.9. The third-order valence-corrected chi connectivity index (χ3v) is 5.54. The molecule has 2 unspecified atom stereocenters. The molecule has 3 aromatic rings. The van der Waals surface area contributed by atoms with Crippen LogP contribution in [0.3, 0.4) is 0 Å². The van der Waals surface area contributed by atoms with Gasteiger partial charge in [0.2, 0.25) is 23.2 Å². The van der Waals surface area contributed by atoms with Gasteiger partial charge in [-0.25, -0.2) is 0 Å². The van der Waals surface area contributed by atoms with Crippen molar-refractivity contribution in [1.29, 1.82) is 0 Å². The number of hydrogen-bond acceptors (Lipinski definition) is 12. The van der Waals surface area contributed by atoms with E-state index in [0.29, 0.717) is 0 Å². The maximum atomic E-state index is 13.4. The number of hydrogen-bond donors (Lipinski definition) is 7. The van der Waals surface area contributed by atoms with Crippen LogP contribution in [0.25, 0.3) is 22.3 Å². The van der Waals surface area contributed by atoms with Gasteiger partial charge >= 0.3 is 0 Å². The Labute approximate surface area is 191 Å². The number of aromatic hydroxyl groups is 4.